The third kappa shape index (κ3) is 2.78. The number of hydrogen-bond donors (Lipinski definition) is 3. The smallest absolute Gasteiger partial charge is 0.347 e. The summed E-state index contributed by atoms with van der Waals surface area (Å²) in [6, 6.07) is 0. The van der Waals surface area contributed by atoms with Crippen LogP contribution in [0.15, 0.2) is 15.8 Å². The molecule has 3 N–H and O–H groups in total. The van der Waals surface area contributed by atoms with Crippen LogP contribution < -0.4 is 11.2 Å². The Morgan fingerprint density at radius 2 is 2.32 bits per heavy atom. The SMILES string of the molecule is C[C@H](O)[C@H]1O[C@@H](n2ncc(=O)[nH]c2=O)C(Cl)(C#CCl)C1CO. The number of ether oxygens (including phenoxy) is 1. The highest BCUT2D eigenvalue weighted by atomic mass is 35.5. The van der Waals surface area contributed by atoms with Crippen LogP contribution in [0.1, 0.15) is 13.2 Å². The fourth-order valence-corrected chi connectivity index (χ4v) is 3.03. The Hall–Kier alpha value is -1.37. The molecule has 0 amide bonds. The van der Waals surface area contributed by atoms with Crippen molar-refractivity contribution in [3.05, 3.63) is 27.0 Å². The Balaban J connectivity index is 2.59. The van der Waals surface area contributed by atoms with E-state index < -0.39 is 47.1 Å². The maximum Gasteiger partial charge on any atom is 0.347 e. The van der Waals surface area contributed by atoms with Crippen molar-refractivity contribution in [2.75, 3.05) is 6.61 Å². The average Bonchev–Trinajstić information content (AvgIpc) is 2.72. The molecule has 0 aliphatic carbocycles. The first kappa shape index (κ1) is 17.0. The number of alkyl halides is 1. The molecule has 0 saturated carbocycles. The van der Waals surface area contributed by atoms with E-state index in [1.165, 1.54) is 6.92 Å². The van der Waals surface area contributed by atoms with E-state index in [1.54, 1.807) is 0 Å². The molecule has 0 radical (unpaired) electrons. The molecular weight excluding hydrogens is 337 g/mol. The molecule has 0 aromatic carbocycles. The van der Waals surface area contributed by atoms with Crippen LogP contribution in [0.5, 0.6) is 0 Å². The first-order valence-electron chi connectivity index (χ1n) is 6.29. The summed E-state index contributed by atoms with van der Waals surface area (Å²) in [6.45, 7) is 0.990. The minimum atomic E-state index is -1.60. The molecular formula is C12H13Cl2N3O5. The van der Waals surface area contributed by atoms with Crippen LogP contribution in [0, 0.1) is 17.2 Å². The molecule has 2 heterocycles. The maximum atomic E-state index is 11.9. The lowest BCUT2D eigenvalue weighted by Gasteiger charge is -2.26. The first-order chi connectivity index (χ1) is 10.3. The highest BCUT2D eigenvalue weighted by Gasteiger charge is 2.57. The number of nitrogens with zero attached hydrogens (tertiary/aromatic N) is 2. The number of nitrogens with one attached hydrogen (secondary N) is 1. The van der Waals surface area contributed by atoms with Gasteiger partial charge in [-0.1, -0.05) is 17.5 Å². The summed E-state index contributed by atoms with van der Waals surface area (Å²) in [5, 5.41) is 25.1. The molecule has 1 fully saturated rings. The minimum Gasteiger partial charge on any atom is -0.396 e. The van der Waals surface area contributed by atoms with Gasteiger partial charge in [-0.05, 0) is 18.5 Å². The Labute approximate surface area is 134 Å². The van der Waals surface area contributed by atoms with Gasteiger partial charge in [0, 0.05) is 11.3 Å². The number of aliphatic hydroxyl groups excluding tert-OH is 2. The van der Waals surface area contributed by atoms with Crippen molar-refractivity contribution in [1.29, 1.82) is 0 Å². The maximum absolute atomic E-state index is 11.9. The van der Waals surface area contributed by atoms with Gasteiger partial charge in [-0.15, -0.1) is 0 Å². The summed E-state index contributed by atoms with van der Waals surface area (Å²) in [7, 11) is 0. The lowest BCUT2D eigenvalue weighted by atomic mass is 9.87. The predicted molar refractivity (Wildman–Crippen MR) is 77.5 cm³/mol. The van der Waals surface area contributed by atoms with Crippen LogP contribution >= 0.6 is 23.2 Å². The number of halogens is 2. The van der Waals surface area contributed by atoms with E-state index in [-0.39, 0.29) is 0 Å². The molecule has 1 aliphatic heterocycles. The van der Waals surface area contributed by atoms with Crippen LogP contribution in [0.25, 0.3) is 0 Å². The van der Waals surface area contributed by atoms with Gasteiger partial charge >= 0.3 is 5.69 Å². The molecule has 2 rings (SSSR count). The number of H-pyrrole nitrogens is 1. The summed E-state index contributed by atoms with van der Waals surface area (Å²) in [5.74, 6) is 1.66. The molecule has 8 nitrogen and oxygen atoms in total. The second-order valence-corrected chi connectivity index (χ2v) is 5.67. The van der Waals surface area contributed by atoms with Gasteiger partial charge in [0.1, 0.15) is 6.20 Å². The van der Waals surface area contributed by atoms with Gasteiger partial charge in [0.25, 0.3) is 5.56 Å². The third-order valence-electron chi connectivity index (χ3n) is 3.45. The summed E-state index contributed by atoms with van der Waals surface area (Å²) in [6.07, 6.45) is -2.26. The van der Waals surface area contributed by atoms with E-state index in [0.29, 0.717) is 0 Å². The Morgan fingerprint density at radius 1 is 1.64 bits per heavy atom. The lowest BCUT2D eigenvalue weighted by Crippen LogP contribution is -2.44. The van der Waals surface area contributed by atoms with Crippen molar-refractivity contribution in [2.45, 2.75) is 30.2 Å². The highest BCUT2D eigenvalue weighted by Crippen LogP contribution is 2.47. The van der Waals surface area contributed by atoms with E-state index in [0.717, 1.165) is 10.9 Å². The molecule has 1 saturated heterocycles. The second-order valence-electron chi connectivity index (χ2n) is 4.85. The van der Waals surface area contributed by atoms with Gasteiger partial charge in [0.15, 0.2) is 11.1 Å². The van der Waals surface area contributed by atoms with E-state index in [2.05, 4.69) is 16.4 Å². The second kappa shape index (κ2) is 6.40. The summed E-state index contributed by atoms with van der Waals surface area (Å²) in [4.78, 5) is 23.4. The highest BCUT2D eigenvalue weighted by molar-refractivity contribution is 6.32. The number of hydrogen-bond acceptors (Lipinski definition) is 6. The number of aliphatic hydroxyl groups is 2. The number of aromatic amines is 1. The summed E-state index contributed by atoms with van der Waals surface area (Å²) >= 11 is 11.9. The first-order valence-corrected chi connectivity index (χ1v) is 7.05. The lowest BCUT2D eigenvalue weighted by molar-refractivity contribution is -0.0730. The minimum absolute atomic E-state index is 0.459. The van der Waals surface area contributed by atoms with Gasteiger partial charge in [0.2, 0.25) is 0 Å². The number of rotatable bonds is 3. The molecule has 10 heteroatoms. The molecule has 22 heavy (non-hydrogen) atoms. The van der Waals surface area contributed by atoms with Crippen LogP contribution in [-0.2, 0) is 4.74 Å². The van der Waals surface area contributed by atoms with Crippen LogP contribution in [0.3, 0.4) is 0 Å². The van der Waals surface area contributed by atoms with Crippen molar-refractivity contribution >= 4 is 23.2 Å². The quantitative estimate of drug-likeness (QED) is 0.475. The van der Waals surface area contributed by atoms with Gasteiger partial charge in [0.05, 0.1) is 18.8 Å². The molecule has 5 atom stereocenters. The van der Waals surface area contributed by atoms with Crippen molar-refractivity contribution in [3.63, 3.8) is 0 Å². The van der Waals surface area contributed by atoms with Crippen LogP contribution in [0.4, 0.5) is 0 Å². The van der Waals surface area contributed by atoms with E-state index in [9.17, 15) is 19.8 Å². The van der Waals surface area contributed by atoms with Crippen LogP contribution in [0.2, 0.25) is 0 Å². The zero-order valence-corrected chi connectivity index (χ0v) is 12.9. The van der Waals surface area contributed by atoms with Gasteiger partial charge < -0.3 is 14.9 Å². The van der Waals surface area contributed by atoms with E-state index >= 15 is 0 Å². The van der Waals surface area contributed by atoms with Gasteiger partial charge in [-0.2, -0.15) is 9.78 Å². The van der Waals surface area contributed by atoms with Crippen molar-refractivity contribution in [1.82, 2.24) is 14.8 Å². The molecule has 120 valence electrons. The molecule has 0 spiro atoms. The Kier molecular flexibility index (Phi) is 4.94. The normalized spacial score (nSPS) is 32.3. The summed E-state index contributed by atoms with van der Waals surface area (Å²) in [5.41, 5.74) is -1.55. The molecule has 2 unspecified atom stereocenters. The largest absolute Gasteiger partial charge is 0.396 e. The predicted octanol–water partition coefficient (Wildman–Crippen LogP) is -1.00. The van der Waals surface area contributed by atoms with Crippen LogP contribution in [-0.4, -0.2) is 48.7 Å². The zero-order chi connectivity index (χ0) is 16.5. The molecule has 0 bridgehead atoms. The Bertz CT molecular complexity index is 722. The van der Waals surface area contributed by atoms with E-state index in [1.807, 2.05) is 4.98 Å². The standard InChI is InChI=1S/C12H13Cl2N3O5/c1-6(19)9-7(5-18)12(14,2-3-13)10(22-9)17-11(21)16-8(20)4-15-17/h4,6-7,9-10,18-19H,5H2,1H3,(H,16,20,21)/t6-,7?,9+,10+,12?/m0/s1. The fraction of sp³-hybridized carbons (Fsp3) is 0.583. The van der Waals surface area contributed by atoms with Gasteiger partial charge in [-0.25, -0.2) is 4.79 Å². The topological polar surface area (TPSA) is 117 Å². The fourth-order valence-electron chi connectivity index (χ4n) is 2.44. The van der Waals surface area contributed by atoms with Crippen molar-refractivity contribution in [2.24, 2.45) is 5.92 Å². The van der Waals surface area contributed by atoms with Gasteiger partial charge in [-0.3, -0.25) is 9.78 Å². The third-order valence-corrected chi connectivity index (χ3v) is 4.11. The molecule has 1 aliphatic rings. The van der Waals surface area contributed by atoms with E-state index in [4.69, 9.17) is 27.9 Å². The summed E-state index contributed by atoms with van der Waals surface area (Å²) < 4.78 is 6.37. The zero-order valence-electron chi connectivity index (χ0n) is 11.4. The van der Waals surface area contributed by atoms with Crippen molar-refractivity contribution in [3.8, 4) is 11.3 Å². The number of aromatic nitrogens is 3. The van der Waals surface area contributed by atoms with Crippen molar-refractivity contribution < 1.29 is 14.9 Å². The molecule has 1 aromatic rings. The Morgan fingerprint density at radius 3 is 2.82 bits per heavy atom. The monoisotopic (exact) mass is 349 g/mol. The average molecular weight is 350 g/mol. The molecule has 1 aromatic heterocycles.